The first-order chi connectivity index (χ1) is 11.2. The summed E-state index contributed by atoms with van der Waals surface area (Å²) in [6.07, 6.45) is 4.74. The molecule has 0 radical (unpaired) electrons. The molecule has 2 rings (SSSR count). The molecule has 0 aliphatic heterocycles. The van der Waals surface area contributed by atoms with Crippen LogP contribution < -0.4 is 9.47 Å². The van der Waals surface area contributed by atoms with E-state index in [0.717, 1.165) is 18.8 Å². The fraction of sp³-hybridized carbons (Fsp3) is 0.316. The normalized spacial score (nSPS) is 10.3. The summed E-state index contributed by atoms with van der Waals surface area (Å²) in [6.45, 7) is 2.92. The highest BCUT2D eigenvalue weighted by Crippen LogP contribution is 2.24. The van der Waals surface area contributed by atoms with Crippen molar-refractivity contribution in [3.8, 4) is 17.2 Å². The summed E-state index contributed by atoms with van der Waals surface area (Å²) in [5.41, 5.74) is 0.240. The predicted molar refractivity (Wildman–Crippen MR) is 89.6 cm³/mol. The summed E-state index contributed by atoms with van der Waals surface area (Å²) in [7, 11) is 0. The third-order valence-corrected chi connectivity index (χ3v) is 3.43. The first-order valence-corrected chi connectivity index (χ1v) is 7.93. The van der Waals surface area contributed by atoms with E-state index in [0.29, 0.717) is 11.5 Å². The number of aromatic carboxylic acids is 1. The number of carboxylic acids is 1. The van der Waals surface area contributed by atoms with E-state index in [2.05, 4.69) is 6.92 Å². The molecule has 4 nitrogen and oxygen atoms in total. The molecule has 0 saturated heterocycles. The third kappa shape index (κ3) is 5.66. The van der Waals surface area contributed by atoms with Gasteiger partial charge in [-0.05, 0) is 55.0 Å². The maximum Gasteiger partial charge on any atom is 0.335 e. The van der Waals surface area contributed by atoms with Crippen LogP contribution in [0.15, 0.2) is 48.5 Å². The summed E-state index contributed by atoms with van der Waals surface area (Å²) in [5.74, 6) is 1.17. The van der Waals surface area contributed by atoms with Crippen LogP contribution in [0.25, 0.3) is 0 Å². The zero-order chi connectivity index (χ0) is 16.5. The van der Waals surface area contributed by atoms with Crippen LogP contribution in [-0.4, -0.2) is 17.7 Å². The largest absolute Gasteiger partial charge is 0.494 e. The lowest BCUT2D eigenvalue weighted by Crippen LogP contribution is -1.97. The Morgan fingerprint density at radius 3 is 2.00 bits per heavy atom. The van der Waals surface area contributed by atoms with Gasteiger partial charge in [0, 0.05) is 0 Å². The van der Waals surface area contributed by atoms with Gasteiger partial charge in [-0.25, -0.2) is 4.79 Å². The van der Waals surface area contributed by atoms with Crippen LogP contribution >= 0.6 is 0 Å². The van der Waals surface area contributed by atoms with Crippen molar-refractivity contribution in [3.63, 3.8) is 0 Å². The molecular formula is C19H22O4. The molecule has 0 aliphatic rings. The maximum absolute atomic E-state index is 10.8. The molecular weight excluding hydrogens is 292 g/mol. The molecule has 2 aromatic carbocycles. The average Bonchev–Trinajstić information content (AvgIpc) is 2.57. The molecule has 0 atom stereocenters. The lowest BCUT2D eigenvalue weighted by molar-refractivity contribution is 0.0697. The SMILES string of the molecule is CCCCCCOc1ccc(Oc2ccc(C(=O)O)cc2)cc1. The van der Waals surface area contributed by atoms with Crippen LogP contribution in [0.4, 0.5) is 0 Å². The van der Waals surface area contributed by atoms with E-state index in [1.165, 1.54) is 31.4 Å². The van der Waals surface area contributed by atoms with Gasteiger partial charge in [-0.2, -0.15) is 0 Å². The minimum absolute atomic E-state index is 0.240. The van der Waals surface area contributed by atoms with Crippen molar-refractivity contribution in [2.24, 2.45) is 0 Å². The first-order valence-electron chi connectivity index (χ1n) is 7.93. The Labute approximate surface area is 136 Å². The second-order valence-corrected chi connectivity index (χ2v) is 5.31. The van der Waals surface area contributed by atoms with Gasteiger partial charge in [-0.1, -0.05) is 26.2 Å². The summed E-state index contributed by atoms with van der Waals surface area (Å²) in [6, 6.07) is 13.8. The Kier molecular flexibility index (Phi) is 6.48. The van der Waals surface area contributed by atoms with Gasteiger partial charge < -0.3 is 14.6 Å². The van der Waals surface area contributed by atoms with Crippen molar-refractivity contribution in [2.45, 2.75) is 32.6 Å². The summed E-state index contributed by atoms with van der Waals surface area (Å²) in [5, 5.41) is 8.86. The predicted octanol–water partition coefficient (Wildman–Crippen LogP) is 5.14. The molecule has 0 aliphatic carbocycles. The second-order valence-electron chi connectivity index (χ2n) is 5.31. The molecule has 1 N–H and O–H groups in total. The first kappa shape index (κ1) is 16.9. The number of carboxylic acid groups (broad SMARTS) is 1. The Balaban J connectivity index is 1.83. The Hall–Kier alpha value is -2.49. The monoisotopic (exact) mass is 314 g/mol. The van der Waals surface area contributed by atoms with Crippen LogP contribution in [0.5, 0.6) is 17.2 Å². The van der Waals surface area contributed by atoms with E-state index in [4.69, 9.17) is 14.6 Å². The van der Waals surface area contributed by atoms with Gasteiger partial charge in [0.15, 0.2) is 0 Å². The van der Waals surface area contributed by atoms with Gasteiger partial charge in [0.2, 0.25) is 0 Å². The molecule has 0 fully saturated rings. The minimum atomic E-state index is -0.947. The number of benzene rings is 2. The minimum Gasteiger partial charge on any atom is -0.494 e. The van der Waals surface area contributed by atoms with Crippen LogP contribution in [-0.2, 0) is 0 Å². The molecule has 4 heteroatoms. The molecule has 0 heterocycles. The highest BCUT2D eigenvalue weighted by atomic mass is 16.5. The lowest BCUT2D eigenvalue weighted by atomic mass is 10.2. The van der Waals surface area contributed by atoms with E-state index < -0.39 is 5.97 Å². The van der Waals surface area contributed by atoms with Crippen LogP contribution in [0.3, 0.4) is 0 Å². The highest BCUT2D eigenvalue weighted by Gasteiger charge is 2.03. The fourth-order valence-corrected chi connectivity index (χ4v) is 2.12. The van der Waals surface area contributed by atoms with Gasteiger partial charge in [0.1, 0.15) is 17.2 Å². The molecule has 2 aromatic rings. The van der Waals surface area contributed by atoms with E-state index in [-0.39, 0.29) is 5.56 Å². The van der Waals surface area contributed by atoms with Crippen molar-refractivity contribution in [2.75, 3.05) is 6.61 Å². The van der Waals surface area contributed by atoms with Crippen LogP contribution in [0.2, 0.25) is 0 Å². The van der Waals surface area contributed by atoms with Crippen molar-refractivity contribution in [1.29, 1.82) is 0 Å². The molecule has 0 amide bonds. The molecule has 0 spiro atoms. The summed E-state index contributed by atoms with van der Waals surface area (Å²) < 4.78 is 11.4. The number of unbranched alkanes of at least 4 members (excludes halogenated alkanes) is 3. The van der Waals surface area contributed by atoms with Crippen molar-refractivity contribution in [1.82, 2.24) is 0 Å². The molecule has 122 valence electrons. The van der Waals surface area contributed by atoms with E-state index in [9.17, 15) is 4.79 Å². The van der Waals surface area contributed by atoms with Crippen molar-refractivity contribution >= 4 is 5.97 Å². The van der Waals surface area contributed by atoms with Gasteiger partial charge >= 0.3 is 5.97 Å². The van der Waals surface area contributed by atoms with Gasteiger partial charge in [-0.15, -0.1) is 0 Å². The Morgan fingerprint density at radius 1 is 0.870 bits per heavy atom. The molecule has 0 aromatic heterocycles. The van der Waals surface area contributed by atoms with Gasteiger partial charge in [0.25, 0.3) is 0 Å². The van der Waals surface area contributed by atoms with Gasteiger partial charge in [0.05, 0.1) is 12.2 Å². The average molecular weight is 314 g/mol. The van der Waals surface area contributed by atoms with E-state index in [1.807, 2.05) is 24.3 Å². The Bertz CT molecular complexity index is 602. The summed E-state index contributed by atoms with van der Waals surface area (Å²) >= 11 is 0. The smallest absolute Gasteiger partial charge is 0.335 e. The number of carbonyl (C=O) groups is 1. The third-order valence-electron chi connectivity index (χ3n) is 3.43. The number of ether oxygens (including phenoxy) is 2. The zero-order valence-corrected chi connectivity index (χ0v) is 13.3. The van der Waals surface area contributed by atoms with E-state index >= 15 is 0 Å². The van der Waals surface area contributed by atoms with Crippen molar-refractivity contribution < 1.29 is 19.4 Å². The highest BCUT2D eigenvalue weighted by molar-refractivity contribution is 5.87. The standard InChI is InChI=1S/C19H22O4/c1-2-3-4-5-14-22-16-10-12-18(13-11-16)23-17-8-6-15(7-9-17)19(20)21/h6-13H,2-5,14H2,1H3,(H,20,21). The van der Waals surface area contributed by atoms with Crippen LogP contribution in [0, 0.1) is 0 Å². The zero-order valence-electron chi connectivity index (χ0n) is 13.3. The topological polar surface area (TPSA) is 55.8 Å². The maximum atomic E-state index is 10.8. The number of rotatable bonds is 9. The van der Waals surface area contributed by atoms with Crippen molar-refractivity contribution in [3.05, 3.63) is 54.1 Å². The van der Waals surface area contributed by atoms with Gasteiger partial charge in [-0.3, -0.25) is 0 Å². The second kappa shape index (κ2) is 8.83. The fourth-order valence-electron chi connectivity index (χ4n) is 2.12. The number of hydrogen-bond acceptors (Lipinski definition) is 3. The molecule has 0 saturated carbocycles. The molecule has 0 unspecified atom stereocenters. The molecule has 0 bridgehead atoms. The quantitative estimate of drug-likeness (QED) is 0.651. The molecule has 23 heavy (non-hydrogen) atoms. The summed E-state index contributed by atoms with van der Waals surface area (Å²) in [4.78, 5) is 10.8. The Morgan fingerprint density at radius 2 is 1.43 bits per heavy atom. The number of hydrogen-bond donors (Lipinski definition) is 1. The van der Waals surface area contributed by atoms with E-state index in [1.54, 1.807) is 12.1 Å². The lowest BCUT2D eigenvalue weighted by Gasteiger charge is -2.08. The van der Waals surface area contributed by atoms with Crippen LogP contribution in [0.1, 0.15) is 43.0 Å².